The molecule has 1 aromatic rings. The van der Waals surface area contributed by atoms with E-state index in [1.54, 1.807) is 0 Å². The SMILES string of the molecule is CC(C)Cc1[nH]c(C2CCC(C)(C)CC2)nc(=S)c1Br. The van der Waals surface area contributed by atoms with E-state index in [0.717, 1.165) is 16.7 Å². The molecule has 0 bridgehead atoms. The first kappa shape index (κ1) is 16.2. The number of nitrogens with one attached hydrogen (secondary N) is 1. The van der Waals surface area contributed by atoms with Crippen molar-refractivity contribution in [1.82, 2.24) is 9.97 Å². The molecule has 1 aromatic heterocycles. The van der Waals surface area contributed by atoms with E-state index in [9.17, 15) is 0 Å². The van der Waals surface area contributed by atoms with Crippen LogP contribution in [-0.2, 0) is 6.42 Å². The second-order valence-corrected chi connectivity index (χ2v) is 8.44. The highest BCUT2D eigenvalue weighted by atomic mass is 79.9. The topological polar surface area (TPSA) is 28.7 Å². The molecule has 1 fully saturated rings. The maximum atomic E-state index is 5.42. The first-order chi connectivity index (χ1) is 9.28. The fraction of sp³-hybridized carbons (Fsp3) is 0.750. The van der Waals surface area contributed by atoms with Gasteiger partial charge in [-0.15, -0.1) is 0 Å². The molecule has 0 spiro atoms. The molecule has 1 heterocycles. The Morgan fingerprint density at radius 1 is 1.35 bits per heavy atom. The van der Waals surface area contributed by atoms with Gasteiger partial charge in [0.2, 0.25) is 0 Å². The Labute approximate surface area is 135 Å². The van der Waals surface area contributed by atoms with Crippen molar-refractivity contribution in [2.24, 2.45) is 11.3 Å². The van der Waals surface area contributed by atoms with Gasteiger partial charge in [0.05, 0.1) is 4.47 Å². The Morgan fingerprint density at radius 3 is 2.50 bits per heavy atom. The number of rotatable bonds is 3. The summed E-state index contributed by atoms with van der Waals surface area (Å²) in [6.07, 6.45) is 5.99. The second kappa shape index (κ2) is 6.27. The van der Waals surface area contributed by atoms with E-state index in [1.165, 1.54) is 31.4 Å². The molecule has 1 N–H and O–H groups in total. The third kappa shape index (κ3) is 3.91. The Bertz CT molecular complexity index is 524. The van der Waals surface area contributed by atoms with E-state index in [-0.39, 0.29) is 0 Å². The number of aromatic amines is 1. The molecule has 0 amide bonds. The van der Waals surface area contributed by atoms with E-state index >= 15 is 0 Å². The lowest BCUT2D eigenvalue weighted by Gasteiger charge is -2.34. The lowest BCUT2D eigenvalue weighted by Crippen LogP contribution is -2.22. The van der Waals surface area contributed by atoms with E-state index in [4.69, 9.17) is 12.2 Å². The summed E-state index contributed by atoms with van der Waals surface area (Å²) in [4.78, 5) is 8.18. The maximum absolute atomic E-state index is 5.42. The van der Waals surface area contributed by atoms with Gasteiger partial charge in [-0.2, -0.15) is 0 Å². The lowest BCUT2D eigenvalue weighted by molar-refractivity contribution is 0.220. The highest BCUT2D eigenvalue weighted by molar-refractivity contribution is 9.10. The van der Waals surface area contributed by atoms with Crippen LogP contribution in [0, 0.1) is 16.0 Å². The molecule has 112 valence electrons. The summed E-state index contributed by atoms with van der Waals surface area (Å²) in [7, 11) is 0. The Balaban J connectivity index is 2.25. The minimum absolute atomic E-state index is 0.490. The van der Waals surface area contributed by atoms with E-state index in [0.29, 0.717) is 21.9 Å². The van der Waals surface area contributed by atoms with Gasteiger partial charge in [0.25, 0.3) is 0 Å². The lowest BCUT2D eigenvalue weighted by atomic mass is 9.73. The predicted octanol–water partition coefficient (Wildman–Crippen LogP) is 5.78. The van der Waals surface area contributed by atoms with E-state index in [2.05, 4.69) is 53.6 Å². The summed E-state index contributed by atoms with van der Waals surface area (Å²) in [5, 5.41) is 0. The predicted molar refractivity (Wildman–Crippen MR) is 90.7 cm³/mol. The molecule has 2 rings (SSSR count). The van der Waals surface area contributed by atoms with Crippen molar-refractivity contribution < 1.29 is 0 Å². The second-order valence-electron chi connectivity index (χ2n) is 7.26. The first-order valence-corrected chi connectivity index (χ1v) is 8.77. The van der Waals surface area contributed by atoms with Crippen molar-refractivity contribution in [3.8, 4) is 0 Å². The summed E-state index contributed by atoms with van der Waals surface area (Å²) in [6, 6.07) is 0. The monoisotopic (exact) mass is 356 g/mol. The molecular formula is C16H25BrN2S. The summed E-state index contributed by atoms with van der Waals surface area (Å²) < 4.78 is 1.68. The van der Waals surface area contributed by atoms with Crippen molar-refractivity contribution in [1.29, 1.82) is 0 Å². The number of H-pyrrole nitrogens is 1. The van der Waals surface area contributed by atoms with Crippen molar-refractivity contribution in [2.75, 3.05) is 0 Å². The van der Waals surface area contributed by atoms with Crippen LogP contribution in [0.2, 0.25) is 0 Å². The molecule has 0 aromatic carbocycles. The van der Waals surface area contributed by atoms with E-state index in [1.807, 2.05) is 0 Å². The van der Waals surface area contributed by atoms with Gasteiger partial charge in [0.15, 0.2) is 0 Å². The quantitative estimate of drug-likeness (QED) is 0.694. The summed E-state index contributed by atoms with van der Waals surface area (Å²) in [5.74, 6) is 2.26. The van der Waals surface area contributed by atoms with Crippen LogP contribution in [0.1, 0.15) is 70.8 Å². The highest BCUT2D eigenvalue weighted by Gasteiger charge is 2.29. The van der Waals surface area contributed by atoms with E-state index < -0.39 is 0 Å². The summed E-state index contributed by atoms with van der Waals surface area (Å²) in [5.41, 5.74) is 1.70. The molecule has 0 radical (unpaired) electrons. The normalized spacial score (nSPS) is 19.5. The molecule has 0 aliphatic heterocycles. The fourth-order valence-electron chi connectivity index (χ4n) is 2.94. The van der Waals surface area contributed by atoms with Crippen molar-refractivity contribution in [2.45, 2.75) is 65.7 Å². The number of nitrogens with zero attached hydrogens (tertiary/aromatic N) is 1. The van der Waals surface area contributed by atoms with Crippen LogP contribution < -0.4 is 0 Å². The van der Waals surface area contributed by atoms with Gasteiger partial charge in [0, 0.05) is 11.6 Å². The van der Waals surface area contributed by atoms with Crippen LogP contribution in [0.3, 0.4) is 0 Å². The number of halogens is 1. The Morgan fingerprint density at radius 2 is 1.95 bits per heavy atom. The molecule has 1 aliphatic carbocycles. The van der Waals surface area contributed by atoms with Gasteiger partial charge in [-0.05, 0) is 59.4 Å². The molecule has 1 saturated carbocycles. The van der Waals surface area contributed by atoms with Crippen LogP contribution in [0.25, 0.3) is 0 Å². The average molecular weight is 357 g/mol. The van der Waals surface area contributed by atoms with Gasteiger partial charge >= 0.3 is 0 Å². The minimum atomic E-state index is 0.490. The Kier molecular flexibility index (Phi) is 5.06. The summed E-state index contributed by atoms with van der Waals surface area (Å²) in [6.45, 7) is 9.19. The van der Waals surface area contributed by atoms with Crippen LogP contribution >= 0.6 is 28.1 Å². The minimum Gasteiger partial charge on any atom is -0.346 e. The van der Waals surface area contributed by atoms with Crippen LogP contribution in [0.5, 0.6) is 0 Å². The van der Waals surface area contributed by atoms with Gasteiger partial charge in [-0.1, -0.05) is 39.9 Å². The number of hydrogen-bond donors (Lipinski definition) is 1. The smallest absolute Gasteiger partial charge is 0.144 e. The fourth-order valence-corrected chi connectivity index (χ4v) is 3.51. The standard InChI is InChI=1S/C16H25BrN2S/c1-10(2)9-12-13(17)15(20)19-14(18-12)11-5-7-16(3,4)8-6-11/h10-11H,5-9H2,1-4H3,(H,18,19,20). The maximum Gasteiger partial charge on any atom is 0.144 e. The van der Waals surface area contributed by atoms with Gasteiger partial charge in [0.1, 0.15) is 10.5 Å². The molecule has 1 aliphatic rings. The van der Waals surface area contributed by atoms with Gasteiger partial charge in [-0.3, -0.25) is 0 Å². The summed E-state index contributed by atoms with van der Waals surface area (Å²) >= 11 is 9.00. The molecule has 0 atom stereocenters. The van der Waals surface area contributed by atoms with Crippen molar-refractivity contribution in [3.05, 3.63) is 20.6 Å². The molecule has 4 heteroatoms. The first-order valence-electron chi connectivity index (χ1n) is 7.57. The highest BCUT2D eigenvalue weighted by Crippen LogP contribution is 2.41. The Hall–Kier alpha value is -0.220. The number of aromatic nitrogens is 2. The van der Waals surface area contributed by atoms with Crippen LogP contribution in [0.15, 0.2) is 4.47 Å². The zero-order valence-corrected chi connectivity index (χ0v) is 15.3. The van der Waals surface area contributed by atoms with Gasteiger partial charge < -0.3 is 4.98 Å². The largest absolute Gasteiger partial charge is 0.346 e. The zero-order chi connectivity index (χ0) is 14.9. The molecule has 0 saturated heterocycles. The molecule has 2 nitrogen and oxygen atoms in total. The molecule has 20 heavy (non-hydrogen) atoms. The third-order valence-corrected chi connectivity index (χ3v) is 5.70. The van der Waals surface area contributed by atoms with Crippen LogP contribution in [0.4, 0.5) is 0 Å². The number of hydrogen-bond acceptors (Lipinski definition) is 2. The third-order valence-electron chi connectivity index (χ3n) is 4.29. The zero-order valence-electron chi connectivity index (χ0n) is 12.9. The van der Waals surface area contributed by atoms with Crippen molar-refractivity contribution in [3.63, 3.8) is 0 Å². The van der Waals surface area contributed by atoms with Crippen LogP contribution in [-0.4, -0.2) is 9.97 Å². The molecular weight excluding hydrogens is 332 g/mol. The van der Waals surface area contributed by atoms with Crippen molar-refractivity contribution >= 4 is 28.1 Å². The van der Waals surface area contributed by atoms with Gasteiger partial charge in [-0.25, -0.2) is 4.98 Å². The molecule has 0 unspecified atom stereocenters. The average Bonchev–Trinajstić information content (AvgIpc) is 2.34.